The first-order valence-electron chi connectivity index (χ1n) is 5.95. The van der Waals surface area contributed by atoms with Gasteiger partial charge >= 0.3 is 0 Å². The summed E-state index contributed by atoms with van der Waals surface area (Å²) in [5.41, 5.74) is 2.45. The molecule has 0 atom stereocenters. The molecule has 0 bridgehead atoms. The molecule has 0 aliphatic carbocycles. The normalized spacial score (nSPS) is 10.8. The van der Waals surface area contributed by atoms with E-state index in [0.29, 0.717) is 24.8 Å². The average Bonchev–Trinajstić information content (AvgIpc) is 2.42. The summed E-state index contributed by atoms with van der Waals surface area (Å²) >= 11 is 0. The monoisotopic (exact) mass is 253 g/mol. The van der Waals surface area contributed by atoms with Crippen LogP contribution in [0.3, 0.4) is 0 Å². The number of hydrogen-bond donors (Lipinski definition) is 2. The fraction of sp³-hybridized carbons (Fsp3) is 0.500. The first kappa shape index (κ1) is 14.4. The molecule has 6 nitrogen and oxygen atoms in total. The molecule has 0 amide bonds. The topological polar surface area (TPSA) is 76.0 Å². The Morgan fingerprint density at radius 2 is 2.28 bits per heavy atom. The van der Waals surface area contributed by atoms with Gasteiger partial charge < -0.3 is 9.47 Å². The Kier molecular flexibility index (Phi) is 7.50. The summed E-state index contributed by atoms with van der Waals surface area (Å²) in [5, 5.41) is 8.33. The largest absolute Gasteiger partial charge is 0.475 e. The van der Waals surface area contributed by atoms with Gasteiger partial charge in [-0.25, -0.2) is 9.98 Å². The highest BCUT2D eigenvalue weighted by Crippen LogP contribution is 2.13. The van der Waals surface area contributed by atoms with Crippen LogP contribution in [0.4, 0.5) is 5.69 Å². The van der Waals surface area contributed by atoms with Crippen LogP contribution in [0.5, 0.6) is 5.88 Å². The summed E-state index contributed by atoms with van der Waals surface area (Å²) in [6.45, 7) is 3.95. The lowest BCUT2D eigenvalue weighted by Crippen LogP contribution is -2.08. The lowest BCUT2D eigenvalue weighted by molar-refractivity contribution is 0.0965. The van der Waals surface area contributed by atoms with Gasteiger partial charge in [0.05, 0.1) is 18.5 Å². The number of ether oxygens (including phenoxy) is 2. The van der Waals surface area contributed by atoms with Crippen molar-refractivity contribution in [1.82, 2.24) is 10.5 Å². The second kappa shape index (κ2) is 9.38. The van der Waals surface area contributed by atoms with Crippen molar-refractivity contribution in [2.45, 2.75) is 19.8 Å². The molecule has 0 unspecified atom stereocenters. The van der Waals surface area contributed by atoms with Crippen LogP contribution in [0.25, 0.3) is 0 Å². The number of rotatable bonds is 9. The van der Waals surface area contributed by atoms with Gasteiger partial charge in [0.1, 0.15) is 12.9 Å². The van der Waals surface area contributed by atoms with Crippen LogP contribution >= 0.6 is 0 Å². The standard InChI is InChI=1S/C12H19N3O3/c1-2-3-6-17-7-8-18-12-5-4-11(9-13-12)14-10-15-16/h4-5,9-10,16H,2-3,6-8H2,1H3,(H,14,15). The molecule has 1 heterocycles. The highest BCUT2D eigenvalue weighted by Gasteiger charge is 1.96. The van der Waals surface area contributed by atoms with E-state index >= 15 is 0 Å². The lowest BCUT2D eigenvalue weighted by atomic mass is 10.4. The van der Waals surface area contributed by atoms with Crippen molar-refractivity contribution in [3.05, 3.63) is 18.3 Å². The van der Waals surface area contributed by atoms with Crippen LogP contribution in [-0.2, 0) is 4.74 Å². The third-order valence-corrected chi connectivity index (χ3v) is 2.11. The summed E-state index contributed by atoms with van der Waals surface area (Å²) in [4.78, 5) is 7.93. The molecule has 0 spiro atoms. The molecular weight excluding hydrogens is 234 g/mol. The van der Waals surface area contributed by atoms with Gasteiger partial charge in [0.15, 0.2) is 0 Å². The summed E-state index contributed by atoms with van der Waals surface area (Å²) in [6.07, 6.45) is 4.93. The maximum Gasteiger partial charge on any atom is 0.213 e. The molecule has 0 aliphatic rings. The number of unbranched alkanes of at least 4 members (excludes halogenated alkanes) is 1. The molecule has 0 radical (unpaired) electrons. The van der Waals surface area contributed by atoms with Crippen LogP contribution in [-0.4, -0.2) is 36.4 Å². The van der Waals surface area contributed by atoms with Crippen LogP contribution in [0.1, 0.15) is 19.8 Å². The fourth-order valence-corrected chi connectivity index (χ4v) is 1.19. The van der Waals surface area contributed by atoms with Gasteiger partial charge in [0, 0.05) is 12.7 Å². The number of aliphatic imine (C=N–C) groups is 1. The molecule has 0 saturated heterocycles. The summed E-state index contributed by atoms with van der Waals surface area (Å²) in [5.74, 6) is 0.532. The van der Waals surface area contributed by atoms with E-state index in [1.807, 2.05) is 5.48 Å². The van der Waals surface area contributed by atoms with E-state index in [0.717, 1.165) is 19.4 Å². The fourth-order valence-electron chi connectivity index (χ4n) is 1.19. The minimum atomic E-state index is 0.484. The molecule has 1 aromatic heterocycles. The summed E-state index contributed by atoms with van der Waals surface area (Å²) < 4.78 is 10.8. The molecule has 2 N–H and O–H groups in total. The van der Waals surface area contributed by atoms with Crippen molar-refractivity contribution in [2.24, 2.45) is 4.99 Å². The lowest BCUT2D eigenvalue weighted by Gasteiger charge is -2.05. The molecular formula is C12H19N3O3. The Bertz CT molecular complexity index is 341. The van der Waals surface area contributed by atoms with Gasteiger partial charge in [-0.3, -0.25) is 10.7 Å². The van der Waals surface area contributed by atoms with Gasteiger partial charge in [-0.15, -0.1) is 0 Å². The number of hydroxylamine groups is 1. The van der Waals surface area contributed by atoms with Crippen LogP contribution in [0.2, 0.25) is 0 Å². The van der Waals surface area contributed by atoms with E-state index in [9.17, 15) is 0 Å². The Morgan fingerprint density at radius 1 is 1.39 bits per heavy atom. The molecule has 100 valence electrons. The Labute approximate surface area is 107 Å². The molecule has 1 rings (SSSR count). The molecule has 18 heavy (non-hydrogen) atoms. The number of hydrogen-bond acceptors (Lipinski definition) is 5. The van der Waals surface area contributed by atoms with E-state index in [-0.39, 0.29) is 0 Å². The van der Waals surface area contributed by atoms with E-state index in [1.165, 1.54) is 6.34 Å². The first-order valence-corrected chi connectivity index (χ1v) is 5.95. The molecule has 0 aromatic carbocycles. The zero-order valence-electron chi connectivity index (χ0n) is 10.5. The highest BCUT2D eigenvalue weighted by molar-refractivity contribution is 5.59. The van der Waals surface area contributed by atoms with Crippen molar-refractivity contribution in [2.75, 3.05) is 19.8 Å². The predicted molar refractivity (Wildman–Crippen MR) is 68.5 cm³/mol. The number of aromatic nitrogens is 1. The Hall–Kier alpha value is -1.66. The predicted octanol–water partition coefficient (Wildman–Crippen LogP) is 1.92. The van der Waals surface area contributed by atoms with Crippen LogP contribution in [0, 0.1) is 0 Å². The first-order chi connectivity index (χ1) is 8.86. The second-order valence-corrected chi connectivity index (χ2v) is 3.56. The second-order valence-electron chi connectivity index (χ2n) is 3.56. The van der Waals surface area contributed by atoms with Crippen molar-refractivity contribution < 1.29 is 14.7 Å². The molecule has 6 heteroatoms. The van der Waals surface area contributed by atoms with Crippen molar-refractivity contribution in [3.8, 4) is 5.88 Å². The highest BCUT2D eigenvalue weighted by atomic mass is 16.5. The number of nitrogens with one attached hydrogen (secondary N) is 1. The van der Waals surface area contributed by atoms with Gasteiger partial charge in [0.25, 0.3) is 0 Å². The third kappa shape index (κ3) is 6.17. The van der Waals surface area contributed by atoms with Gasteiger partial charge in [-0.2, -0.15) is 0 Å². The molecule has 0 aliphatic heterocycles. The van der Waals surface area contributed by atoms with Crippen LogP contribution < -0.4 is 10.2 Å². The zero-order chi connectivity index (χ0) is 13.1. The minimum Gasteiger partial charge on any atom is -0.475 e. The third-order valence-electron chi connectivity index (χ3n) is 2.11. The summed E-state index contributed by atoms with van der Waals surface area (Å²) in [7, 11) is 0. The van der Waals surface area contributed by atoms with E-state index in [4.69, 9.17) is 14.7 Å². The maximum atomic E-state index is 8.33. The number of nitrogens with zero attached hydrogens (tertiary/aromatic N) is 2. The van der Waals surface area contributed by atoms with E-state index in [1.54, 1.807) is 18.3 Å². The van der Waals surface area contributed by atoms with Crippen LogP contribution in [0.15, 0.2) is 23.3 Å². The average molecular weight is 253 g/mol. The molecule has 0 saturated carbocycles. The van der Waals surface area contributed by atoms with E-state index in [2.05, 4.69) is 16.9 Å². The van der Waals surface area contributed by atoms with Crippen molar-refractivity contribution in [1.29, 1.82) is 0 Å². The van der Waals surface area contributed by atoms with Gasteiger partial charge in [-0.1, -0.05) is 13.3 Å². The quantitative estimate of drug-likeness (QED) is 0.304. The maximum absolute atomic E-state index is 8.33. The Balaban J connectivity index is 2.20. The SMILES string of the molecule is CCCCOCCOc1ccc(N=CNO)cn1. The summed E-state index contributed by atoms with van der Waals surface area (Å²) in [6, 6.07) is 3.46. The minimum absolute atomic E-state index is 0.484. The van der Waals surface area contributed by atoms with Crippen molar-refractivity contribution >= 4 is 12.0 Å². The molecule has 1 aromatic rings. The van der Waals surface area contributed by atoms with Crippen molar-refractivity contribution in [3.63, 3.8) is 0 Å². The smallest absolute Gasteiger partial charge is 0.213 e. The molecule has 0 fully saturated rings. The van der Waals surface area contributed by atoms with Gasteiger partial charge in [-0.05, 0) is 12.5 Å². The van der Waals surface area contributed by atoms with Gasteiger partial charge in [0.2, 0.25) is 5.88 Å². The zero-order valence-corrected chi connectivity index (χ0v) is 10.5. The van der Waals surface area contributed by atoms with E-state index < -0.39 is 0 Å². The number of pyridine rings is 1. The Morgan fingerprint density at radius 3 is 2.94 bits per heavy atom.